The van der Waals surface area contributed by atoms with Gasteiger partial charge in [0.25, 0.3) is 0 Å². The number of aromatic nitrogens is 4. The monoisotopic (exact) mass is 1230 g/mol. The molecule has 8 nitrogen and oxygen atoms in total. The van der Waals surface area contributed by atoms with Crippen LogP contribution < -0.4 is 19.6 Å². The number of fused-ring (bicyclic) bond motifs is 12. The molecule has 18 aromatic rings. The third-order valence-electron chi connectivity index (χ3n) is 18.6. The van der Waals surface area contributed by atoms with Gasteiger partial charge in [0.15, 0.2) is 0 Å². The van der Waals surface area contributed by atoms with Crippen molar-refractivity contribution in [3.63, 3.8) is 0 Å². The van der Waals surface area contributed by atoms with Crippen LogP contribution >= 0.6 is 0 Å². The van der Waals surface area contributed by atoms with E-state index in [-0.39, 0.29) is 0 Å². The van der Waals surface area contributed by atoms with Crippen LogP contribution in [0.3, 0.4) is 0 Å². The minimum Gasteiger partial charge on any atom is -0.310 e. The highest BCUT2D eigenvalue weighted by Crippen LogP contribution is 2.47. The van der Waals surface area contributed by atoms with Crippen molar-refractivity contribution in [3.8, 4) is 11.4 Å². The zero-order chi connectivity index (χ0) is 63.5. The maximum Gasteiger partial charge on any atom is 0.0972 e. The molecule has 0 amide bonds. The molecule has 0 N–H and O–H groups in total. The summed E-state index contributed by atoms with van der Waals surface area (Å²) in [7, 11) is 0. The molecule has 15 aromatic carbocycles. The molecule has 0 saturated heterocycles. The normalized spacial score (nSPS) is 11.5. The van der Waals surface area contributed by atoms with E-state index >= 15 is 0 Å². The van der Waals surface area contributed by atoms with Crippen LogP contribution in [-0.2, 0) is 0 Å². The van der Waals surface area contributed by atoms with Crippen LogP contribution in [0.5, 0.6) is 0 Å². The molecule has 0 aliphatic rings. The van der Waals surface area contributed by atoms with Gasteiger partial charge >= 0.3 is 0 Å². The predicted octanol–water partition coefficient (Wildman–Crippen LogP) is 24.0. The number of para-hydroxylation sites is 8. The molecule has 96 heavy (non-hydrogen) atoms. The smallest absolute Gasteiger partial charge is 0.0972 e. The molecule has 452 valence electrons. The Labute approximate surface area is 555 Å². The number of rotatable bonds is 14. The van der Waals surface area contributed by atoms with E-state index in [9.17, 15) is 0 Å². The maximum atomic E-state index is 5.23. The Morgan fingerprint density at radius 1 is 0.177 bits per heavy atom. The quantitative estimate of drug-likeness (QED) is 0.101. The highest BCUT2D eigenvalue weighted by atomic mass is 15.2. The summed E-state index contributed by atoms with van der Waals surface area (Å²) in [6.07, 6.45) is 3.66. The Hall–Kier alpha value is -13.0. The number of hydrogen-bond donors (Lipinski definition) is 0. The van der Waals surface area contributed by atoms with Crippen LogP contribution in [0.4, 0.5) is 68.2 Å². The van der Waals surface area contributed by atoms with Gasteiger partial charge in [-0.05, 0) is 205 Å². The summed E-state index contributed by atoms with van der Waals surface area (Å²) in [6, 6.07) is 127. The predicted molar refractivity (Wildman–Crippen MR) is 402 cm³/mol. The van der Waals surface area contributed by atoms with Crippen molar-refractivity contribution < 1.29 is 0 Å². The molecule has 0 radical (unpaired) electrons. The number of anilines is 12. The van der Waals surface area contributed by atoms with Gasteiger partial charge in [-0.25, -0.2) is 0 Å². The summed E-state index contributed by atoms with van der Waals surface area (Å²) in [5.41, 5.74) is 21.0. The third kappa shape index (κ3) is 9.62. The van der Waals surface area contributed by atoms with Gasteiger partial charge in [0.2, 0.25) is 0 Å². The van der Waals surface area contributed by atoms with Crippen LogP contribution in [0.15, 0.2) is 364 Å². The standard InChI is InChI=1S/C88H60N8/c1-9-25-61(26-10-1)91(62-27-11-2-12-28-62)69-43-49-83-77(55-69)78-56-70(92(63-29-13-3-14-30-63)64-31-15-4-16-32-64)44-50-84(78)95(83)73-41-47-75-76-48-42-74(60-82(76)88-87(81(75)59-73)89-53-54-90-88)96-85-51-45-71(93(65-33-17-5-18-34-65)66-35-19-6-20-36-66)57-79(85)80-58-72(46-52-86(80)96)94(67-37-21-7-22-38-67)68-39-23-8-24-40-68/h1-60H. The lowest BCUT2D eigenvalue weighted by molar-refractivity contribution is 1.18. The first-order valence-corrected chi connectivity index (χ1v) is 32.5. The lowest BCUT2D eigenvalue weighted by Crippen LogP contribution is -2.09. The van der Waals surface area contributed by atoms with E-state index in [2.05, 4.69) is 381 Å². The molecule has 0 saturated carbocycles. The van der Waals surface area contributed by atoms with Crippen molar-refractivity contribution in [2.24, 2.45) is 0 Å². The Morgan fingerprint density at radius 3 is 0.615 bits per heavy atom. The first-order chi connectivity index (χ1) is 47.6. The van der Waals surface area contributed by atoms with Gasteiger partial charge in [0.05, 0.1) is 33.1 Å². The highest BCUT2D eigenvalue weighted by molar-refractivity contribution is 6.24. The van der Waals surface area contributed by atoms with Crippen molar-refractivity contribution in [1.29, 1.82) is 0 Å². The molecule has 0 bridgehead atoms. The fourth-order valence-corrected chi connectivity index (χ4v) is 14.5. The van der Waals surface area contributed by atoms with Gasteiger partial charge < -0.3 is 28.7 Å². The summed E-state index contributed by atoms with van der Waals surface area (Å²) >= 11 is 0. The van der Waals surface area contributed by atoms with E-state index in [1.54, 1.807) is 0 Å². The number of nitrogens with zero attached hydrogens (tertiary/aromatic N) is 8. The average molecular weight is 1230 g/mol. The van der Waals surface area contributed by atoms with E-state index < -0.39 is 0 Å². The molecule has 0 unspecified atom stereocenters. The zero-order valence-corrected chi connectivity index (χ0v) is 52.2. The molecule has 18 rings (SSSR count). The first-order valence-electron chi connectivity index (χ1n) is 32.5. The van der Waals surface area contributed by atoms with Gasteiger partial charge in [-0.2, -0.15) is 0 Å². The lowest BCUT2D eigenvalue weighted by Gasteiger charge is -2.26. The second kappa shape index (κ2) is 23.6. The summed E-state index contributed by atoms with van der Waals surface area (Å²) in [5, 5.41) is 8.77. The third-order valence-corrected chi connectivity index (χ3v) is 18.6. The minimum atomic E-state index is 0.840. The Balaban J connectivity index is 0.824. The molecular weight excluding hydrogens is 1170 g/mol. The molecule has 0 spiro atoms. The van der Waals surface area contributed by atoms with Crippen molar-refractivity contribution in [1.82, 2.24) is 19.1 Å². The van der Waals surface area contributed by atoms with Gasteiger partial charge in [-0.1, -0.05) is 158 Å². The molecular formula is C88H60N8. The number of hydrogen-bond acceptors (Lipinski definition) is 6. The molecule has 8 heteroatoms. The molecule has 0 aliphatic carbocycles. The van der Waals surface area contributed by atoms with Gasteiger partial charge in [-0.3, -0.25) is 9.97 Å². The van der Waals surface area contributed by atoms with Gasteiger partial charge in [0.1, 0.15) is 0 Å². The van der Waals surface area contributed by atoms with Crippen LogP contribution in [0.25, 0.3) is 87.6 Å². The van der Waals surface area contributed by atoms with Crippen LogP contribution in [-0.4, -0.2) is 19.1 Å². The van der Waals surface area contributed by atoms with E-state index in [0.717, 1.165) is 156 Å². The molecule has 3 heterocycles. The Bertz CT molecular complexity index is 5070. The first kappa shape index (κ1) is 55.8. The summed E-state index contributed by atoms with van der Waals surface area (Å²) in [6.45, 7) is 0. The fraction of sp³-hybridized carbons (Fsp3) is 0. The summed E-state index contributed by atoms with van der Waals surface area (Å²) in [5.74, 6) is 0. The Kier molecular flexibility index (Phi) is 13.7. The Morgan fingerprint density at radius 2 is 0.396 bits per heavy atom. The van der Waals surface area contributed by atoms with Gasteiger partial charge in [0, 0.05) is 124 Å². The average Bonchev–Trinajstić information content (AvgIpc) is 1.50. The molecule has 0 aliphatic heterocycles. The van der Waals surface area contributed by atoms with Crippen LogP contribution in [0.1, 0.15) is 0 Å². The second-order valence-corrected chi connectivity index (χ2v) is 24.2. The highest BCUT2D eigenvalue weighted by Gasteiger charge is 2.24. The maximum absolute atomic E-state index is 5.23. The molecule has 0 fully saturated rings. The van der Waals surface area contributed by atoms with E-state index in [0.29, 0.717) is 0 Å². The SMILES string of the molecule is c1ccc(N(c2ccccc2)c2ccc3c(c2)c2cc(N(c4ccccc4)c4ccccc4)ccc2n3-c2ccc3c4ccc(-n5c6ccc(N(c7ccccc7)c7ccccc7)cc6c6cc(N(c7ccccc7)c7ccccc7)ccc65)cc4c4nccnc4c3c2)cc1. The largest absolute Gasteiger partial charge is 0.310 e. The van der Waals surface area contributed by atoms with Crippen molar-refractivity contribution in [2.75, 3.05) is 19.6 Å². The van der Waals surface area contributed by atoms with E-state index in [1.807, 2.05) is 12.4 Å². The van der Waals surface area contributed by atoms with Crippen molar-refractivity contribution in [2.45, 2.75) is 0 Å². The topological polar surface area (TPSA) is 48.6 Å². The summed E-state index contributed by atoms with van der Waals surface area (Å²) < 4.78 is 4.85. The zero-order valence-electron chi connectivity index (χ0n) is 52.2. The molecule has 3 aromatic heterocycles. The summed E-state index contributed by atoms with van der Waals surface area (Å²) in [4.78, 5) is 19.8. The van der Waals surface area contributed by atoms with E-state index in [1.165, 1.54) is 0 Å². The van der Waals surface area contributed by atoms with E-state index in [4.69, 9.17) is 9.97 Å². The molecule has 0 atom stereocenters. The van der Waals surface area contributed by atoms with Crippen molar-refractivity contribution >= 4 is 144 Å². The minimum absolute atomic E-state index is 0.840. The van der Waals surface area contributed by atoms with Crippen molar-refractivity contribution in [3.05, 3.63) is 364 Å². The second-order valence-electron chi connectivity index (χ2n) is 24.2. The van der Waals surface area contributed by atoms with Crippen LogP contribution in [0.2, 0.25) is 0 Å². The lowest BCUT2D eigenvalue weighted by atomic mass is 9.98. The fourth-order valence-electron chi connectivity index (χ4n) is 14.5. The van der Waals surface area contributed by atoms with Crippen LogP contribution in [0, 0.1) is 0 Å². The number of benzene rings is 15. The van der Waals surface area contributed by atoms with Gasteiger partial charge in [-0.15, -0.1) is 0 Å².